The zero-order chi connectivity index (χ0) is 11.4. The monoisotopic (exact) mass is 274 g/mol. The van der Waals surface area contributed by atoms with Gasteiger partial charge in [0, 0.05) is 18.0 Å². The van der Waals surface area contributed by atoms with Gasteiger partial charge in [0.15, 0.2) is 6.10 Å². The molecule has 0 aromatic heterocycles. The Kier molecular flexibility index (Phi) is 4.11. The molecule has 15 heavy (non-hydrogen) atoms. The van der Waals surface area contributed by atoms with Gasteiger partial charge in [0.05, 0.1) is 0 Å². The highest BCUT2D eigenvalue weighted by atomic mass is 79.9. The molecule has 0 aliphatic rings. The van der Waals surface area contributed by atoms with E-state index in [1.165, 1.54) is 13.2 Å². The van der Waals surface area contributed by atoms with Crippen molar-refractivity contribution in [1.82, 2.24) is 0 Å². The van der Waals surface area contributed by atoms with Crippen LogP contribution in [0.4, 0.5) is 0 Å². The van der Waals surface area contributed by atoms with Gasteiger partial charge in [-0.05, 0) is 23.8 Å². The topological polar surface area (TPSA) is 66.8 Å². The Labute approximate surface area is 95.6 Å². The molecule has 0 amide bonds. The molecule has 1 aromatic carbocycles. The third-order valence-electron chi connectivity index (χ3n) is 2.01. The van der Waals surface area contributed by atoms with Gasteiger partial charge in [-0.3, -0.25) is 0 Å². The van der Waals surface area contributed by atoms with Crippen LogP contribution >= 0.6 is 15.9 Å². The van der Waals surface area contributed by atoms with Gasteiger partial charge in [-0.25, -0.2) is 4.79 Å². The molecule has 0 fully saturated rings. The summed E-state index contributed by atoms with van der Waals surface area (Å²) in [5.41, 5.74) is 0.540. The van der Waals surface area contributed by atoms with E-state index in [0.717, 1.165) is 4.47 Å². The standard InChI is InChI=1S/C10H11BrO4/c1-15-9(10(13)14)5-6-4-7(11)2-3-8(6)12/h2-4,9,12H,5H2,1H3,(H,13,14). The van der Waals surface area contributed by atoms with E-state index in [9.17, 15) is 9.90 Å². The number of carboxylic acids is 1. The molecule has 0 aliphatic heterocycles. The first-order valence-corrected chi connectivity index (χ1v) is 5.07. The van der Waals surface area contributed by atoms with Crippen LogP contribution in [-0.2, 0) is 16.0 Å². The van der Waals surface area contributed by atoms with Gasteiger partial charge in [-0.15, -0.1) is 0 Å². The average Bonchev–Trinajstić information content (AvgIpc) is 2.18. The van der Waals surface area contributed by atoms with Crippen molar-refractivity contribution in [1.29, 1.82) is 0 Å². The summed E-state index contributed by atoms with van der Waals surface area (Å²) in [6, 6.07) is 4.86. The van der Waals surface area contributed by atoms with Crippen molar-refractivity contribution >= 4 is 21.9 Å². The van der Waals surface area contributed by atoms with E-state index in [1.54, 1.807) is 12.1 Å². The SMILES string of the molecule is COC(Cc1cc(Br)ccc1O)C(=O)O. The Balaban J connectivity index is 2.87. The molecule has 5 heteroatoms. The van der Waals surface area contributed by atoms with E-state index < -0.39 is 12.1 Å². The Morgan fingerprint density at radius 2 is 2.27 bits per heavy atom. The van der Waals surface area contributed by atoms with E-state index in [4.69, 9.17) is 9.84 Å². The Morgan fingerprint density at radius 1 is 1.60 bits per heavy atom. The summed E-state index contributed by atoms with van der Waals surface area (Å²) < 4.78 is 5.57. The van der Waals surface area contributed by atoms with Crippen molar-refractivity contribution in [3.8, 4) is 5.75 Å². The zero-order valence-electron chi connectivity index (χ0n) is 8.11. The van der Waals surface area contributed by atoms with Crippen LogP contribution < -0.4 is 0 Å². The Hall–Kier alpha value is -1.07. The quantitative estimate of drug-likeness (QED) is 0.879. The molecular weight excluding hydrogens is 264 g/mol. The molecule has 0 spiro atoms. The van der Waals surface area contributed by atoms with Crippen molar-refractivity contribution < 1.29 is 19.7 Å². The lowest BCUT2D eigenvalue weighted by Gasteiger charge is -2.11. The van der Waals surface area contributed by atoms with E-state index in [1.807, 2.05) is 0 Å². The van der Waals surface area contributed by atoms with Crippen LogP contribution in [0.5, 0.6) is 5.75 Å². The maximum atomic E-state index is 10.7. The van der Waals surface area contributed by atoms with Crippen molar-refractivity contribution in [3.63, 3.8) is 0 Å². The summed E-state index contributed by atoms with van der Waals surface area (Å²) in [6.07, 6.45) is -0.804. The number of hydrogen-bond donors (Lipinski definition) is 2. The lowest BCUT2D eigenvalue weighted by atomic mass is 10.1. The first-order valence-electron chi connectivity index (χ1n) is 4.27. The molecule has 1 rings (SSSR count). The van der Waals surface area contributed by atoms with Crippen molar-refractivity contribution in [2.75, 3.05) is 7.11 Å². The van der Waals surface area contributed by atoms with Gasteiger partial charge >= 0.3 is 5.97 Å². The van der Waals surface area contributed by atoms with Gasteiger partial charge in [0.25, 0.3) is 0 Å². The van der Waals surface area contributed by atoms with Crippen molar-refractivity contribution in [2.24, 2.45) is 0 Å². The molecule has 0 bridgehead atoms. The number of benzene rings is 1. The van der Waals surface area contributed by atoms with Crippen LogP contribution in [0.25, 0.3) is 0 Å². The predicted molar refractivity (Wildman–Crippen MR) is 57.9 cm³/mol. The van der Waals surface area contributed by atoms with Gasteiger partial charge in [-0.2, -0.15) is 0 Å². The molecule has 2 N–H and O–H groups in total. The highest BCUT2D eigenvalue weighted by Gasteiger charge is 2.18. The predicted octanol–water partition coefficient (Wildman–Crippen LogP) is 1.80. The number of ether oxygens (including phenoxy) is 1. The molecule has 0 radical (unpaired) electrons. The van der Waals surface area contributed by atoms with Crippen molar-refractivity contribution in [3.05, 3.63) is 28.2 Å². The van der Waals surface area contributed by atoms with Crippen LogP contribution in [0.2, 0.25) is 0 Å². The number of phenols is 1. The summed E-state index contributed by atoms with van der Waals surface area (Å²) in [4.78, 5) is 10.7. The van der Waals surface area contributed by atoms with E-state index in [2.05, 4.69) is 15.9 Å². The van der Waals surface area contributed by atoms with E-state index >= 15 is 0 Å². The molecule has 1 atom stereocenters. The van der Waals surface area contributed by atoms with Gasteiger partial charge < -0.3 is 14.9 Å². The van der Waals surface area contributed by atoms with Crippen LogP contribution in [0, 0.1) is 0 Å². The lowest BCUT2D eigenvalue weighted by Crippen LogP contribution is -2.24. The number of methoxy groups -OCH3 is 1. The van der Waals surface area contributed by atoms with Crippen LogP contribution in [0.1, 0.15) is 5.56 Å². The Morgan fingerprint density at radius 3 is 2.80 bits per heavy atom. The second kappa shape index (κ2) is 5.14. The molecule has 0 saturated heterocycles. The molecule has 0 heterocycles. The summed E-state index contributed by atoms with van der Waals surface area (Å²) >= 11 is 3.25. The second-order valence-corrected chi connectivity index (χ2v) is 3.96. The first kappa shape index (κ1) is 12.0. The minimum absolute atomic E-state index is 0.0708. The molecular formula is C10H11BrO4. The Bertz CT molecular complexity index is 364. The number of aliphatic carboxylic acids is 1. The highest BCUT2D eigenvalue weighted by Crippen LogP contribution is 2.23. The van der Waals surface area contributed by atoms with Gasteiger partial charge in [0.1, 0.15) is 5.75 Å². The number of carbonyl (C=O) groups is 1. The minimum Gasteiger partial charge on any atom is -0.508 e. The summed E-state index contributed by atoms with van der Waals surface area (Å²) in [6.45, 7) is 0. The summed E-state index contributed by atoms with van der Waals surface area (Å²) in [5, 5.41) is 18.3. The molecule has 0 saturated carbocycles. The smallest absolute Gasteiger partial charge is 0.333 e. The highest BCUT2D eigenvalue weighted by molar-refractivity contribution is 9.10. The second-order valence-electron chi connectivity index (χ2n) is 3.04. The molecule has 4 nitrogen and oxygen atoms in total. The average molecular weight is 275 g/mol. The molecule has 0 aliphatic carbocycles. The number of halogens is 1. The number of carboxylic acid groups (broad SMARTS) is 1. The van der Waals surface area contributed by atoms with Gasteiger partial charge in [0.2, 0.25) is 0 Å². The normalized spacial score (nSPS) is 12.4. The lowest BCUT2D eigenvalue weighted by molar-refractivity contribution is -0.148. The molecule has 82 valence electrons. The van der Waals surface area contributed by atoms with E-state index in [0.29, 0.717) is 5.56 Å². The van der Waals surface area contributed by atoms with Gasteiger partial charge in [-0.1, -0.05) is 15.9 Å². The van der Waals surface area contributed by atoms with Crippen LogP contribution in [-0.4, -0.2) is 29.4 Å². The number of phenolic OH excluding ortho intramolecular Hbond substituents is 1. The summed E-state index contributed by atoms with van der Waals surface area (Å²) in [7, 11) is 1.33. The van der Waals surface area contributed by atoms with E-state index in [-0.39, 0.29) is 12.2 Å². The van der Waals surface area contributed by atoms with Crippen LogP contribution in [0.15, 0.2) is 22.7 Å². The third-order valence-corrected chi connectivity index (χ3v) is 2.50. The third kappa shape index (κ3) is 3.21. The summed E-state index contributed by atoms with van der Waals surface area (Å²) in [5.74, 6) is -0.974. The fourth-order valence-electron chi connectivity index (χ4n) is 1.19. The maximum Gasteiger partial charge on any atom is 0.333 e. The molecule has 1 unspecified atom stereocenters. The minimum atomic E-state index is -1.04. The number of rotatable bonds is 4. The van der Waals surface area contributed by atoms with Crippen molar-refractivity contribution in [2.45, 2.75) is 12.5 Å². The zero-order valence-corrected chi connectivity index (χ0v) is 9.69. The maximum absolute atomic E-state index is 10.7. The first-order chi connectivity index (χ1) is 7.04. The fourth-order valence-corrected chi connectivity index (χ4v) is 1.60. The number of hydrogen-bond acceptors (Lipinski definition) is 3. The number of aromatic hydroxyl groups is 1. The fraction of sp³-hybridized carbons (Fsp3) is 0.300. The van der Waals surface area contributed by atoms with Crippen LogP contribution in [0.3, 0.4) is 0 Å². The molecule has 1 aromatic rings. The largest absolute Gasteiger partial charge is 0.508 e.